The van der Waals surface area contributed by atoms with Crippen molar-refractivity contribution in [1.29, 1.82) is 0 Å². The quantitative estimate of drug-likeness (QED) is 0.861. The number of pyridine rings is 1. The molecule has 86 valence electrons. The zero-order valence-electron chi connectivity index (χ0n) is 9.27. The number of rotatable bonds is 2. The van der Waals surface area contributed by atoms with Crippen LogP contribution in [0.25, 0.3) is 0 Å². The maximum absolute atomic E-state index is 12.9. The summed E-state index contributed by atoms with van der Waals surface area (Å²) in [5, 5.41) is 2.62. The summed E-state index contributed by atoms with van der Waals surface area (Å²) < 4.78 is 12.9. The predicted octanol–water partition coefficient (Wildman–Crippen LogP) is 2.78. The molecule has 0 atom stereocenters. The number of carbonyl (C=O) groups excluding carboxylic acids is 1. The molecule has 1 aromatic heterocycles. The number of aryl methyl sites for hydroxylation is 1. The van der Waals surface area contributed by atoms with E-state index in [-0.39, 0.29) is 11.7 Å². The van der Waals surface area contributed by atoms with Gasteiger partial charge in [-0.05, 0) is 37.3 Å². The van der Waals surface area contributed by atoms with Crippen molar-refractivity contribution in [3.8, 4) is 0 Å². The Hall–Kier alpha value is -2.23. The number of nitrogens with one attached hydrogen (secondary N) is 1. The van der Waals surface area contributed by atoms with Crippen LogP contribution in [0.2, 0.25) is 0 Å². The van der Waals surface area contributed by atoms with E-state index in [0.29, 0.717) is 16.9 Å². The molecule has 0 spiro atoms. The third-order valence-electron chi connectivity index (χ3n) is 2.33. The van der Waals surface area contributed by atoms with Crippen LogP contribution in [0.4, 0.5) is 10.1 Å². The predicted molar refractivity (Wildman–Crippen MR) is 63.3 cm³/mol. The second-order valence-electron chi connectivity index (χ2n) is 3.60. The van der Waals surface area contributed by atoms with E-state index in [2.05, 4.69) is 10.3 Å². The Morgan fingerprint density at radius 3 is 2.82 bits per heavy atom. The number of anilines is 1. The van der Waals surface area contributed by atoms with E-state index in [1.807, 2.05) is 0 Å². The van der Waals surface area contributed by atoms with Gasteiger partial charge in [-0.25, -0.2) is 4.39 Å². The summed E-state index contributed by atoms with van der Waals surface area (Å²) in [6, 6.07) is 9.13. The SMILES string of the molecule is Cc1ncccc1C(=O)Nc1cccc(F)c1. The molecule has 1 aromatic carbocycles. The van der Waals surface area contributed by atoms with Crippen molar-refractivity contribution < 1.29 is 9.18 Å². The third kappa shape index (κ3) is 2.66. The van der Waals surface area contributed by atoms with Crippen molar-refractivity contribution in [3.05, 3.63) is 59.7 Å². The number of aromatic nitrogens is 1. The van der Waals surface area contributed by atoms with Crippen LogP contribution in [-0.4, -0.2) is 10.9 Å². The van der Waals surface area contributed by atoms with Crippen molar-refractivity contribution in [2.24, 2.45) is 0 Å². The fourth-order valence-electron chi connectivity index (χ4n) is 1.49. The van der Waals surface area contributed by atoms with Crippen LogP contribution in [0.5, 0.6) is 0 Å². The average Bonchev–Trinajstić information content (AvgIpc) is 2.29. The van der Waals surface area contributed by atoms with Crippen molar-refractivity contribution in [1.82, 2.24) is 4.98 Å². The van der Waals surface area contributed by atoms with Gasteiger partial charge in [-0.15, -0.1) is 0 Å². The first-order valence-electron chi connectivity index (χ1n) is 5.15. The van der Waals surface area contributed by atoms with E-state index in [9.17, 15) is 9.18 Å². The van der Waals surface area contributed by atoms with E-state index < -0.39 is 0 Å². The monoisotopic (exact) mass is 230 g/mol. The van der Waals surface area contributed by atoms with E-state index in [0.717, 1.165) is 0 Å². The van der Waals surface area contributed by atoms with Gasteiger partial charge in [0.15, 0.2) is 0 Å². The van der Waals surface area contributed by atoms with Gasteiger partial charge in [0.1, 0.15) is 5.82 Å². The Kier molecular flexibility index (Phi) is 3.14. The number of halogens is 1. The summed E-state index contributed by atoms with van der Waals surface area (Å²) in [6.07, 6.45) is 1.62. The lowest BCUT2D eigenvalue weighted by molar-refractivity contribution is 0.102. The topological polar surface area (TPSA) is 42.0 Å². The molecule has 2 aromatic rings. The number of benzene rings is 1. The van der Waals surface area contributed by atoms with E-state index in [1.54, 1.807) is 37.4 Å². The fourth-order valence-corrected chi connectivity index (χ4v) is 1.49. The van der Waals surface area contributed by atoms with Crippen LogP contribution in [0, 0.1) is 12.7 Å². The average molecular weight is 230 g/mol. The molecule has 1 heterocycles. The summed E-state index contributed by atoms with van der Waals surface area (Å²) in [6.45, 7) is 1.75. The lowest BCUT2D eigenvalue weighted by Gasteiger charge is -2.06. The summed E-state index contributed by atoms with van der Waals surface area (Å²) in [5.74, 6) is -0.674. The maximum Gasteiger partial charge on any atom is 0.257 e. The molecular weight excluding hydrogens is 219 g/mol. The molecule has 17 heavy (non-hydrogen) atoms. The normalized spacial score (nSPS) is 10.0. The van der Waals surface area contributed by atoms with Gasteiger partial charge in [-0.3, -0.25) is 9.78 Å². The summed E-state index contributed by atoms with van der Waals surface area (Å²) >= 11 is 0. The molecule has 0 saturated heterocycles. The number of hydrogen-bond donors (Lipinski definition) is 1. The van der Waals surface area contributed by atoms with E-state index in [4.69, 9.17) is 0 Å². The molecule has 0 aliphatic heterocycles. The van der Waals surface area contributed by atoms with Crippen molar-refractivity contribution in [2.75, 3.05) is 5.32 Å². The van der Waals surface area contributed by atoms with Gasteiger partial charge in [0.05, 0.1) is 5.56 Å². The van der Waals surface area contributed by atoms with Gasteiger partial charge in [0, 0.05) is 17.6 Å². The molecule has 0 aliphatic rings. The molecule has 0 fully saturated rings. The molecule has 0 unspecified atom stereocenters. The van der Waals surface area contributed by atoms with Gasteiger partial charge < -0.3 is 5.32 Å². The smallest absolute Gasteiger partial charge is 0.257 e. The Morgan fingerprint density at radius 2 is 2.12 bits per heavy atom. The Bertz CT molecular complexity index is 555. The minimum atomic E-state index is -0.384. The minimum absolute atomic E-state index is 0.291. The number of nitrogens with zero attached hydrogens (tertiary/aromatic N) is 1. The third-order valence-corrected chi connectivity index (χ3v) is 2.33. The standard InChI is InChI=1S/C13H11FN2O/c1-9-12(6-3-7-15-9)13(17)16-11-5-2-4-10(14)8-11/h2-8H,1H3,(H,16,17). The highest BCUT2D eigenvalue weighted by Gasteiger charge is 2.09. The molecule has 3 nitrogen and oxygen atoms in total. The van der Waals surface area contributed by atoms with E-state index in [1.165, 1.54) is 12.1 Å². The van der Waals surface area contributed by atoms with Crippen molar-refractivity contribution >= 4 is 11.6 Å². The maximum atomic E-state index is 12.9. The lowest BCUT2D eigenvalue weighted by atomic mass is 10.2. The zero-order valence-corrected chi connectivity index (χ0v) is 9.27. The summed E-state index contributed by atoms with van der Waals surface area (Å²) in [4.78, 5) is 15.9. The fraction of sp³-hybridized carbons (Fsp3) is 0.0769. The Balaban J connectivity index is 2.20. The second kappa shape index (κ2) is 4.74. The minimum Gasteiger partial charge on any atom is -0.322 e. The molecule has 0 radical (unpaired) electrons. The van der Waals surface area contributed by atoms with Crippen LogP contribution >= 0.6 is 0 Å². The van der Waals surface area contributed by atoms with Gasteiger partial charge in [-0.1, -0.05) is 6.07 Å². The Labute approximate surface area is 98.3 Å². The van der Waals surface area contributed by atoms with Crippen LogP contribution in [0.1, 0.15) is 16.1 Å². The largest absolute Gasteiger partial charge is 0.322 e. The number of amides is 1. The van der Waals surface area contributed by atoms with E-state index >= 15 is 0 Å². The van der Waals surface area contributed by atoms with Crippen molar-refractivity contribution in [3.63, 3.8) is 0 Å². The second-order valence-corrected chi connectivity index (χ2v) is 3.60. The molecule has 1 N–H and O–H groups in total. The molecule has 2 rings (SSSR count). The molecule has 0 bridgehead atoms. The highest BCUT2D eigenvalue weighted by molar-refractivity contribution is 6.04. The Morgan fingerprint density at radius 1 is 1.29 bits per heavy atom. The van der Waals surface area contributed by atoms with Crippen LogP contribution < -0.4 is 5.32 Å². The van der Waals surface area contributed by atoms with Crippen LogP contribution in [-0.2, 0) is 0 Å². The van der Waals surface area contributed by atoms with Crippen molar-refractivity contribution in [2.45, 2.75) is 6.92 Å². The number of carbonyl (C=O) groups is 1. The highest BCUT2D eigenvalue weighted by atomic mass is 19.1. The van der Waals surface area contributed by atoms with Gasteiger partial charge in [-0.2, -0.15) is 0 Å². The molecule has 4 heteroatoms. The lowest BCUT2D eigenvalue weighted by Crippen LogP contribution is -2.13. The van der Waals surface area contributed by atoms with Crippen LogP contribution in [0.3, 0.4) is 0 Å². The van der Waals surface area contributed by atoms with Gasteiger partial charge in [0.2, 0.25) is 0 Å². The number of hydrogen-bond acceptors (Lipinski definition) is 2. The summed E-state index contributed by atoms with van der Waals surface area (Å²) in [5.41, 5.74) is 1.55. The highest BCUT2D eigenvalue weighted by Crippen LogP contribution is 2.12. The summed E-state index contributed by atoms with van der Waals surface area (Å²) in [7, 11) is 0. The van der Waals surface area contributed by atoms with Gasteiger partial charge in [0.25, 0.3) is 5.91 Å². The van der Waals surface area contributed by atoms with Crippen LogP contribution in [0.15, 0.2) is 42.6 Å². The molecule has 1 amide bonds. The first kappa shape index (κ1) is 11.3. The molecule has 0 saturated carbocycles. The molecular formula is C13H11FN2O. The molecule has 0 aliphatic carbocycles. The van der Waals surface area contributed by atoms with Gasteiger partial charge >= 0.3 is 0 Å². The zero-order chi connectivity index (χ0) is 12.3. The first-order valence-corrected chi connectivity index (χ1v) is 5.15. The first-order chi connectivity index (χ1) is 8.16.